The van der Waals surface area contributed by atoms with E-state index in [1.165, 1.54) is 103 Å². The molecule has 0 amide bonds. The van der Waals surface area contributed by atoms with Crippen molar-refractivity contribution in [3.8, 4) is 0 Å². The standard InChI is InChI=1S/C14H30.2C12H20O4/c1-4-6-8-10-12-14(3)13-11-9-7-5-2;2*1-2-3-4-5-6-7-8-10(12(15)16)9-11(13)14/h14H,4-13H2,1-3H3;2*9H,2-8H2,1H3,(H,13,14)(H,15,16)/b;2*10-9-. The molecule has 0 unspecified atom stereocenters. The molecule has 0 heterocycles. The Morgan fingerprint density at radius 2 is 0.696 bits per heavy atom. The second-order valence-electron chi connectivity index (χ2n) is 12.5. The molecule has 0 fully saturated rings. The number of hydrogen-bond acceptors (Lipinski definition) is 4. The van der Waals surface area contributed by atoms with Gasteiger partial charge >= 0.3 is 23.9 Å². The summed E-state index contributed by atoms with van der Waals surface area (Å²) in [6.45, 7) is 11.3. The summed E-state index contributed by atoms with van der Waals surface area (Å²) in [5.74, 6) is -3.66. The number of hydrogen-bond donors (Lipinski definition) is 4. The van der Waals surface area contributed by atoms with E-state index in [0.717, 1.165) is 56.6 Å². The van der Waals surface area contributed by atoms with E-state index in [0.29, 0.717) is 12.8 Å². The lowest BCUT2D eigenvalue weighted by atomic mass is 9.96. The topological polar surface area (TPSA) is 149 Å². The van der Waals surface area contributed by atoms with Crippen LogP contribution in [0.3, 0.4) is 0 Å². The Balaban J connectivity index is -0.000000605. The summed E-state index contributed by atoms with van der Waals surface area (Å²) in [4.78, 5) is 42.0. The maximum atomic E-state index is 10.7. The highest BCUT2D eigenvalue weighted by atomic mass is 16.4. The summed E-state index contributed by atoms with van der Waals surface area (Å²) in [6, 6.07) is 0. The molecule has 0 rings (SSSR count). The first-order valence-corrected chi connectivity index (χ1v) is 18.3. The summed E-state index contributed by atoms with van der Waals surface area (Å²) in [5.41, 5.74) is -0.0222. The highest BCUT2D eigenvalue weighted by molar-refractivity contribution is 5.95. The highest BCUT2D eigenvalue weighted by Gasteiger charge is 2.09. The minimum absolute atomic E-state index is 0.0111. The number of carbonyl (C=O) groups is 4. The molecule has 4 N–H and O–H groups in total. The van der Waals surface area contributed by atoms with E-state index in [1.54, 1.807) is 0 Å². The normalized spacial score (nSPS) is 11.3. The monoisotopic (exact) mass is 655 g/mol. The van der Waals surface area contributed by atoms with Crippen LogP contribution in [-0.2, 0) is 19.2 Å². The third-order valence-corrected chi connectivity index (χ3v) is 7.85. The van der Waals surface area contributed by atoms with Gasteiger partial charge in [0.2, 0.25) is 0 Å². The van der Waals surface area contributed by atoms with Crippen molar-refractivity contribution in [1.29, 1.82) is 0 Å². The lowest BCUT2D eigenvalue weighted by Gasteiger charge is -2.10. The minimum Gasteiger partial charge on any atom is -0.478 e. The third-order valence-electron chi connectivity index (χ3n) is 7.85. The molecular weight excluding hydrogens is 584 g/mol. The highest BCUT2D eigenvalue weighted by Crippen LogP contribution is 2.17. The molecule has 0 aliphatic carbocycles. The van der Waals surface area contributed by atoms with Crippen molar-refractivity contribution in [1.82, 2.24) is 0 Å². The van der Waals surface area contributed by atoms with Gasteiger partial charge in [-0.3, -0.25) is 0 Å². The Hall–Kier alpha value is -2.64. The van der Waals surface area contributed by atoms with Crippen molar-refractivity contribution >= 4 is 23.9 Å². The van der Waals surface area contributed by atoms with Crippen LogP contribution in [0.5, 0.6) is 0 Å². The zero-order valence-corrected chi connectivity index (χ0v) is 30.1. The van der Waals surface area contributed by atoms with Crippen molar-refractivity contribution in [3.63, 3.8) is 0 Å². The molecule has 0 aromatic carbocycles. The van der Waals surface area contributed by atoms with Crippen LogP contribution in [-0.4, -0.2) is 44.3 Å². The molecule has 0 spiro atoms. The van der Waals surface area contributed by atoms with Gasteiger partial charge in [-0.25, -0.2) is 19.2 Å². The molecule has 0 aromatic heterocycles. The van der Waals surface area contributed by atoms with E-state index in [4.69, 9.17) is 20.4 Å². The summed E-state index contributed by atoms with van der Waals surface area (Å²) in [5, 5.41) is 34.4. The Morgan fingerprint density at radius 1 is 0.435 bits per heavy atom. The predicted molar refractivity (Wildman–Crippen MR) is 189 cm³/mol. The SMILES string of the molecule is CCCCCCC(C)CCCCCC.CCCCCCCC/C(=C/C(=O)O)C(=O)O.CCCCCCCC/C(=C/C(=O)O)C(=O)O. The van der Waals surface area contributed by atoms with E-state index in [-0.39, 0.29) is 11.1 Å². The van der Waals surface area contributed by atoms with Crippen LogP contribution in [0.4, 0.5) is 0 Å². The minimum atomic E-state index is -1.19. The van der Waals surface area contributed by atoms with Gasteiger partial charge in [0.25, 0.3) is 0 Å². The molecular formula is C38H70O8. The molecule has 8 nitrogen and oxygen atoms in total. The third kappa shape index (κ3) is 39.4. The lowest BCUT2D eigenvalue weighted by molar-refractivity contribution is -0.135. The maximum absolute atomic E-state index is 10.7. The summed E-state index contributed by atoms with van der Waals surface area (Å²) < 4.78 is 0. The van der Waals surface area contributed by atoms with Gasteiger partial charge in [0.05, 0.1) is 0 Å². The van der Waals surface area contributed by atoms with E-state index in [2.05, 4.69) is 34.6 Å². The second kappa shape index (κ2) is 36.8. The predicted octanol–water partition coefficient (Wildman–Crippen LogP) is 11.2. The molecule has 8 heteroatoms. The van der Waals surface area contributed by atoms with Gasteiger partial charge in [-0.05, 0) is 31.6 Å². The first-order valence-electron chi connectivity index (χ1n) is 18.3. The Kier molecular flexibility index (Phi) is 38.2. The fourth-order valence-corrected chi connectivity index (χ4v) is 4.95. The zero-order chi connectivity index (χ0) is 35.4. The Morgan fingerprint density at radius 3 is 0.957 bits per heavy atom. The van der Waals surface area contributed by atoms with Gasteiger partial charge in [-0.15, -0.1) is 0 Å². The molecule has 0 radical (unpaired) electrons. The fourth-order valence-electron chi connectivity index (χ4n) is 4.95. The van der Waals surface area contributed by atoms with Crippen LogP contribution in [0.15, 0.2) is 23.3 Å². The molecule has 0 bridgehead atoms. The van der Waals surface area contributed by atoms with Gasteiger partial charge in [0.15, 0.2) is 0 Å². The summed E-state index contributed by atoms with van der Waals surface area (Å²) in [6.07, 6.45) is 29.3. The quantitative estimate of drug-likeness (QED) is 0.0481. The van der Waals surface area contributed by atoms with Crippen molar-refractivity contribution in [2.75, 3.05) is 0 Å². The van der Waals surface area contributed by atoms with Crippen LogP contribution in [0.2, 0.25) is 0 Å². The van der Waals surface area contributed by atoms with Gasteiger partial charge < -0.3 is 20.4 Å². The van der Waals surface area contributed by atoms with Crippen molar-refractivity contribution < 1.29 is 39.6 Å². The maximum Gasteiger partial charge on any atom is 0.331 e. The Bertz CT molecular complexity index is 750. The van der Waals surface area contributed by atoms with Crippen LogP contribution < -0.4 is 0 Å². The van der Waals surface area contributed by atoms with Gasteiger partial charge in [-0.2, -0.15) is 0 Å². The second-order valence-corrected chi connectivity index (χ2v) is 12.5. The lowest BCUT2D eigenvalue weighted by Crippen LogP contribution is -2.04. The first kappa shape index (κ1) is 47.8. The van der Waals surface area contributed by atoms with Crippen LogP contribution in [0.1, 0.15) is 189 Å². The molecule has 0 saturated carbocycles. The number of carboxylic acids is 4. The molecule has 0 aliphatic rings. The molecule has 0 aromatic rings. The molecule has 0 aliphatic heterocycles. The largest absolute Gasteiger partial charge is 0.478 e. The average Bonchev–Trinajstić information content (AvgIpc) is 3.00. The van der Waals surface area contributed by atoms with Gasteiger partial charge in [0.1, 0.15) is 0 Å². The number of unbranched alkanes of at least 4 members (excludes halogenated alkanes) is 16. The molecule has 46 heavy (non-hydrogen) atoms. The molecule has 270 valence electrons. The molecule has 0 atom stereocenters. The van der Waals surface area contributed by atoms with Crippen molar-refractivity contribution in [2.24, 2.45) is 5.92 Å². The van der Waals surface area contributed by atoms with Crippen LogP contribution >= 0.6 is 0 Å². The summed E-state index contributed by atoms with van der Waals surface area (Å²) in [7, 11) is 0. The van der Waals surface area contributed by atoms with Gasteiger partial charge in [0, 0.05) is 23.3 Å². The van der Waals surface area contributed by atoms with E-state index in [9.17, 15) is 19.2 Å². The van der Waals surface area contributed by atoms with Crippen LogP contribution in [0.25, 0.3) is 0 Å². The Labute approximate surface area is 281 Å². The van der Waals surface area contributed by atoms with E-state index >= 15 is 0 Å². The van der Waals surface area contributed by atoms with Gasteiger partial charge in [-0.1, -0.05) is 163 Å². The smallest absolute Gasteiger partial charge is 0.331 e. The molecule has 0 saturated heterocycles. The number of carboxylic acid groups (broad SMARTS) is 4. The van der Waals surface area contributed by atoms with E-state index < -0.39 is 23.9 Å². The van der Waals surface area contributed by atoms with Crippen molar-refractivity contribution in [2.45, 2.75) is 189 Å². The number of rotatable bonds is 28. The fraction of sp³-hybridized carbons (Fsp3) is 0.789. The van der Waals surface area contributed by atoms with Crippen molar-refractivity contribution in [3.05, 3.63) is 23.3 Å². The zero-order valence-electron chi connectivity index (χ0n) is 30.1. The summed E-state index contributed by atoms with van der Waals surface area (Å²) >= 11 is 0. The first-order chi connectivity index (χ1) is 22.0. The van der Waals surface area contributed by atoms with E-state index in [1.807, 2.05) is 0 Å². The number of aliphatic carboxylic acids is 4. The van der Waals surface area contributed by atoms with Crippen LogP contribution in [0, 0.1) is 5.92 Å². The average molecular weight is 655 g/mol.